The monoisotopic (exact) mass is 439 g/mol. The summed E-state index contributed by atoms with van der Waals surface area (Å²) in [5, 5.41) is 14.5. The maximum Gasteiger partial charge on any atom is 0.296 e. The number of hydrogen-bond acceptors (Lipinski definition) is 6. The zero-order chi connectivity index (χ0) is 22.4. The van der Waals surface area contributed by atoms with Crippen molar-refractivity contribution in [3.8, 4) is 5.75 Å². The van der Waals surface area contributed by atoms with Gasteiger partial charge in [0.05, 0.1) is 28.7 Å². The first-order valence-electron chi connectivity index (χ1n) is 9.24. The topological polar surface area (TPSA) is 111 Å². The van der Waals surface area contributed by atoms with Crippen molar-refractivity contribution < 1.29 is 18.1 Å². The molecule has 0 saturated carbocycles. The lowest BCUT2D eigenvalue weighted by Crippen LogP contribution is -2.19. The van der Waals surface area contributed by atoms with E-state index in [-0.39, 0.29) is 16.3 Å². The number of anilines is 1. The van der Waals surface area contributed by atoms with Crippen LogP contribution in [0.1, 0.15) is 11.1 Å². The maximum absolute atomic E-state index is 12.7. The Morgan fingerprint density at radius 2 is 1.71 bits per heavy atom. The highest BCUT2D eigenvalue weighted by Gasteiger charge is 2.18. The van der Waals surface area contributed by atoms with Crippen LogP contribution >= 0.6 is 0 Å². The Bertz CT molecular complexity index is 1210. The molecule has 0 aromatic heterocycles. The fourth-order valence-corrected chi connectivity index (χ4v) is 3.68. The zero-order valence-corrected chi connectivity index (χ0v) is 17.7. The Kier molecular flexibility index (Phi) is 6.56. The Morgan fingerprint density at radius 3 is 2.32 bits per heavy atom. The molecule has 0 radical (unpaired) electrons. The van der Waals surface area contributed by atoms with Crippen LogP contribution in [0.25, 0.3) is 5.70 Å². The Hall–Kier alpha value is -3.85. The van der Waals surface area contributed by atoms with Crippen LogP contribution in [0.2, 0.25) is 0 Å². The number of methoxy groups -OCH3 is 1. The van der Waals surface area contributed by atoms with Crippen molar-refractivity contribution in [2.75, 3.05) is 12.4 Å². The van der Waals surface area contributed by atoms with E-state index in [9.17, 15) is 18.5 Å². The number of ether oxygens (including phenoxy) is 1. The van der Waals surface area contributed by atoms with Gasteiger partial charge in [0.2, 0.25) is 0 Å². The van der Waals surface area contributed by atoms with Crippen molar-refractivity contribution >= 4 is 27.1 Å². The highest BCUT2D eigenvalue weighted by atomic mass is 32.2. The van der Waals surface area contributed by atoms with Crippen LogP contribution in [0.4, 0.5) is 11.4 Å². The first kappa shape index (κ1) is 21.8. The van der Waals surface area contributed by atoms with Gasteiger partial charge in [0.1, 0.15) is 11.4 Å². The molecule has 0 amide bonds. The molecule has 0 atom stereocenters. The molecule has 31 heavy (non-hydrogen) atoms. The Morgan fingerprint density at radius 1 is 1.03 bits per heavy atom. The van der Waals surface area contributed by atoms with Crippen LogP contribution in [0.3, 0.4) is 0 Å². The van der Waals surface area contributed by atoms with Crippen LogP contribution in [0.15, 0.2) is 83.9 Å². The first-order valence-corrected chi connectivity index (χ1v) is 10.7. The molecule has 0 spiro atoms. The summed E-state index contributed by atoms with van der Waals surface area (Å²) in [5.74, 6) is 0.336. The van der Waals surface area contributed by atoms with Gasteiger partial charge in [-0.15, -0.1) is 0 Å². The van der Waals surface area contributed by atoms with Gasteiger partial charge in [-0.05, 0) is 36.8 Å². The smallest absolute Gasteiger partial charge is 0.296 e. The number of nitro groups is 1. The van der Waals surface area contributed by atoms with E-state index in [0.29, 0.717) is 17.0 Å². The third-order valence-corrected chi connectivity index (χ3v) is 5.77. The van der Waals surface area contributed by atoms with Gasteiger partial charge >= 0.3 is 0 Å². The zero-order valence-electron chi connectivity index (χ0n) is 16.9. The molecule has 0 bridgehead atoms. The van der Waals surface area contributed by atoms with E-state index in [1.54, 1.807) is 42.5 Å². The number of aryl methyl sites for hydroxylation is 1. The number of benzene rings is 3. The molecule has 0 aliphatic rings. The van der Waals surface area contributed by atoms with Crippen molar-refractivity contribution in [3.05, 3.63) is 100 Å². The predicted molar refractivity (Wildman–Crippen MR) is 119 cm³/mol. The fraction of sp³-hybridized carbons (Fsp3) is 0.0909. The molecule has 0 aliphatic heterocycles. The minimum atomic E-state index is -3.83. The summed E-state index contributed by atoms with van der Waals surface area (Å²) in [6.07, 6.45) is 1.28. The highest BCUT2D eigenvalue weighted by Crippen LogP contribution is 2.31. The van der Waals surface area contributed by atoms with E-state index in [1.807, 2.05) is 13.0 Å². The van der Waals surface area contributed by atoms with Crippen LogP contribution in [0.5, 0.6) is 5.75 Å². The highest BCUT2D eigenvalue weighted by molar-refractivity contribution is 7.89. The molecule has 0 fully saturated rings. The van der Waals surface area contributed by atoms with Gasteiger partial charge in [0.25, 0.3) is 15.7 Å². The second-order valence-corrected chi connectivity index (χ2v) is 8.34. The maximum atomic E-state index is 12.7. The minimum absolute atomic E-state index is 0.109. The Labute approximate surface area is 180 Å². The molecule has 0 saturated heterocycles. The van der Waals surface area contributed by atoms with Crippen LogP contribution in [0, 0.1) is 17.0 Å². The number of rotatable bonds is 8. The molecule has 0 heterocycles. The van der Waals surface area contributed by atoms with Gasteiger partial charge in [-0.1, -0.05) is 48.0 Å². The van der Waals surface area contributed by atoms with Gasteiger partial charge in [-0.25, -0.2) is 8.42 Å². The van der Waals surface area contributed by atoms with Crippen LogP contribution in [-0.4, -0.2) is 20.5 Å². The summed E-state index contributed by atoms with van der Waals surface area (Å²) in [6, 6.07) is 19.7. The summed E-state index contributed by atoms with van der Waals surface area (Å²) in [7, 11) is -2.41. The third kappa shape index (κ3) is 5.40. The minimum Gasteiger partial charge on any atom is -0.496 e. The summed E-state index contributed by atoms with van der Waals surface area (Å²) in [6.45, 7) is 1.86. The quantitative estimate of drug-likeness (QED) is 0.400. The number of nitrogens with one attached hydrogen (secondary N) is 2. The number of hydrogen-bond donors (Lipinski definition) is 2. The van der Waals surface area contributed by atoms with Crippen molar-refractivity contribution in [1.29, 1.82) is 0 Å². The largest absolute Gasteiger partial charge is 0.496 e. The van der Waals surface area contributed by atoms with E-state index in [2.05, 4.69) is 10.0 Å². The van der Waals surface area contributed by atoms with E-state index < -0.39 is 14.9 Å². The molecule has 160 valence electrons. The van der Waals surface area contributed by atoms with E-state index in [0.717, 1.165) is 5.56 Å². The second kappa shape index (κ2) is 9.31. The normalized spacial score (nSPS) is 11.6. The average Bonchev–Trinajstić information content (AvgIpc) is 2.77. The molecule has 8 nitrogen and oxygen atoms in total. The SMILES string of the molecule is COc1ccc(N/C(=C\NS(=O)(=O)c2ccc(C)cc2)c2ccccc2)c([N+](=O)[O-])c1. The van der Waals surface area contributed by atoms with Crippen LogP contribution in [-0.2, 0) is 10.0 Å². The van der Waals surface area contributed by atoms with Crippen molar-refractivity contribution in [1.82, 2.24) is 4.72 Å². The molecule has 3 rings (SSSR count). The predicted octanol–water partition coefficient (Wildman–Crippen LogP) is 4.30. The van der Waals surface area contributed by atoms with Crippen molar-refractivity contribution in [3.63, 3.8) is 0 Å². The molecular formula is C22H21N3O5S. The number of nitro benzene ring substituents is 1. The molecule has 3 aromatic rings. The van der Waals surface area contributed by atoms with E-state index in [4.69, 9.17) is 4.74 Å². The number of sulfonamides is 1. The standard InChI is InChI=1S/C22H21N3O5S/c1-16-8-11-19(12-9-16)31(28,29)23-15-21(17-6-4-3-5-7-17)24-20-13-10-18(30-2)14-22(20)25(26)27/h3-15,23-24H,1-2H3/b21-15-. The molecule has 3 aromatic carbocycles. The molecule has 0 aliphatic carbocycles. The second-order valence-electron chi connectivity index (χ2n) is 6.62. The van der Waals surface area contributed by atoms with Gasteiger partial charge in [-0.3, -0.25) is 14.8 Å². The lowest BCUT2D eigenvalue weighted by atomic mass is 10.1. The van der Waals surface area contributed by atoms with Gasteiger partial charge < -0.3 is 10.1 Å². The lowest BCUT2D eigenvalue weighted by Gasteiger charge is -2.13. The van der Waals surface area contributed by atoms with Crippen molar-refractivity contribution in [2.45, 2.75) is 11.8 Å². The summed E-state index contributed by atoms with van der Waals surface area (Å²) in [5.41, 5.74) is 1.90. The molecule has 2 N–H and O–H groups in total. The van der Waals surface area contributed by atoms with Gasteiger partial charge in [-0.2, -0.15) is 0 Å². The molecule has 9 heteroatoms. The van der Waals surface area contributed by atoms with Gasteiger partial charge in [0, 0.05) is 6.20 Å². The molecular weight excluding hydrogens is 418 g/mol. The lowest BCUT2D eigenvalue weighted by molar-refractivity contribution is -0.384. The third-order valence-electron chi connectivity index (χ3n) is 4.45. The average molecular weight is 439 g/mol. The summed E-state index contributed by atoms with van der Waals surface area (Å²) in [4.78, 5) is 11.1. The summed E-state index contributed by atoms with van der Waals surface area (Å²) >= 11 is 0. The summed E-state index contributed by atoms with van der Waals surface area (Å²) < 4.78 is 32.9. The molecule has 0 unspecified atom stereocenters. The van der Waals surface area contributed by atoms with Gasteiger partial charge in [0.15, 0.2) is 0 Å². The van der Waals surface area contributed by atoms with E-state index >= 15 is 0 Å². The fourth-order valence-electron chi connectivity index (χ4n) is 2.77. The van der Waals surface area contributed by atoms with E-state index in [1.165, 1.54) is 37.6 Å². The number of nitrogens with zero attached hydrogens (tertiary/aromatic N) is 1. The van der Waals surface area contributed by atoms with Crippen molar-refractivity contribution in [2.24, 2.45) is 0 Å². The Balaban J connectivity index is 1.98. The van der Waals surface area contributed by atoms with Crippen LogP contribution < -0.4 is 14.8 Å². The first-order chi connectivity index (χ1) is 14.8.